The van der Waals surface area contributed by atoms with Gasteiger partial charge in [-0.3, -0.25) is 4.68 Å². The molecule has 0 aliphatic rings. The molecule has 1 aromatic heterocycles. The zero-order valence-electron chi connectivity index (χ0n) is 8.90. The van der Waals surface area contributed by atoms with Gasteiger partial charge in [0.1, 0.15) is 0 Å². The van der Waals surface area contributed by atoms with Gasteiger partial charge in [-0.05, 0) is 39.2 Å². The van der Waals surface area contributed by atoms with Crippen LogP contribution in [0.15, 0.2) is 12.3 Å². The molecule has 3 heteroatoms. The van der Waals surface area contributed by atoms with Crippen LogP contribution in [0, 0.1) is 11.3 Å². The van der Waals surface area contributed by atoms with Crippen molar-refractivity contribution >= 4 is 0 Å². The molecule has 0 N–H and O–H groups in total. The summed E-state index contributed by atoms with van der Waals surface area (Å²) in [6, 6.07) is 4.65. The topological polar surface area (TPSA) is 41.6 Å². The summed E-state index contributed by atoms with van der Waals surface area (Å²) in [5.41, 5.74) is 1.14. The summed E-state index contributed by atoms with van der Waals surface area (Å²) in [5, 5.41) is 12.8. The Bertz CT molecular complexity index is 307. The molecule has 0 aliphatic heterocycles. The number of nitriles is 1. The molecule has 14 heavy (non-hydrogen) atoms. The monoisotopic (exact) mass is 191 g/mol. The van der Waals surface area contributed by atoms with Crippen molar-refractivity contribution in [1.29, 1.82) is 5.26 Å². The number of aromatic nitrogens is 2. The van der Waals surface area contributed by atoms with Gasteiger partial charge in [-0.1, -0.05) is 0 Å². The smallest absolute Gasteiger partial charge is 0.0624 e. The highest BCUT2D eigenvalue weighted by Gasteiger charge is 2.01. The van der Waals surface area contributed by atoms with Crippen LogP contribution in [0.3, 0.4) is 0 Å². The van der Waals surface area contributed by atoms with Crippen molar-refractivity contribution in [2.45, 2.75) is 45.6 Å². The Morgan fingerprint density at radius 2 is 2.29 bits per heavy atom. The molecule has 0 radical (unpaired) electrons. The van der Waals surface area contributed by atoms with E-state index in [0.717, 1.165) is 25.0 Å². The Morgan fingerprint density at radius 1 is 1.50 bits per heavy atom. The normalized spacial score (nSPS) is 10.4. The Kier molecular flexibility index (Phi) is 4.18. The summed E-state index contributed by atoms with van der Waals surface area (Å²) in [6.45, 7) is 4.24. The van der Waals surface area contributed by atoms with Crippen LogP contribution in [-0.4, -0.2) is 9.78 Å². The predicted octanol–water partition coefficient (Wildman–Crippen LogP) is 2.70. The summed E-state index contributed by atoms with van der Waals surface area (Å²) in [5.74, 6) is 0. The first-order valence-electron chi connectivity index (χ1n) is 5.15. The van der Waals surface area contributed by atoms with E-state index in [1.807, 2.05) is 10.9 Å². The minimum absolute atomic E-state index is 0.433. The number of nitrogens with zero attached hydrogens (tertiary/aromatic N) is 3. The van der Waals surface area contributed by atoms with Crippen LogP contribution in [0.1, 0.15) is 44.8 Å². The van der Waals surface area contributed by atoms with Crippen molar-refractivity contribution in [2.75, 3.05) is 0 Å². The minimum atomic E-state index is 0.433. The first-order chi connectivity index (χ1) is 6.74. The van der Waals surface area contributed by atoms with Gasteiger partial charge in [-0.2, -0.15) is 10.4 Å². The van der Waals surface area contributed by atoms with Crippen LogP contribution in [-0.2, 0) is 6.42 Å². The first kappa shape index (κ1) is 10.8. The molecule has 0 amide bonds. The lowest BCUT2D eigenvalue weighted by Crippen LogP contribution is -2.01. The zero-order chi connectivity index (χ0) is 10.4. The second-order valence-corrected chi connectivity index (χ2v) is 3.75. The van der Waals surface area contributed by atoms with Crippen LogP contribution < -0.4 is 0 Å². The highest BCUT2D eigenvalue weighted by molar-refractivity contribution is 4.99. The second kappa shape index (κ2) is 5.43. The largest absolute Gasteiger partial charge is 0.270 e. The maximum absolute atomic E-state index is 8.37. The molecule has 3 nitrogen and oxygen atoms in total. The highest BCUT2D eigenvalue weighted by atomic mass is 15.3. The molecule has 0 saturated heterocycles. The fraction of sp³-hybridized carbons (Fsp3) is 0.636. The molecule has 1 rings (SSSR count). The van der Waals surface area contributed by atoms with Gasteiger partial charge in [-0.15, -0.1) is 0 Å². The predicted molar refractivity (Wildman–Crippen MR) is 55.8 cm³/mol. The third-order valence-corrected chi connectivity index (χ3v) is 2.16. The molecule has 76 valence electrons. The first-order valence-corrected chi connectivity index (χ1v) is 5.15. The quantitative estimate of drug-likeness (QED) is 0.671. The minimum Gasteiger partial charge on any atom is -0.270 e. The van der Waals surface area contributed by atoms with Gasteiger partial charge in [0.25, 0.3) is 0 Å². The molecular formula is C11H17N3. The summed E-state index contributed by atoms with van der Waals surface area (Å²) in [7, 11) is 0. The van der Waals surface area contributed by atoms with E-state index < -0.39 is 0 Å². The number of aryl methyl sites for hydroxylation is 1. The molecule has 0 atom stereocenters. The van der Waals surface area contributed by atoms with Crippen molar-refractivity contribution in [2.24, 2.45) is 0 Å². The number of unbranched alkanes of at least 4 members (excludes halogenated alkanes) is 2. The second-order valence-electron chi connectivity index (χ2n) is 3.75. The van der Waals surface area contributed by atoms with E-state index in [0.29, 0.717) is 12.5 Å². The van der Waals surface area contributed by atoms with Gasteiger partial charge in [-0.25, -0.2) is 0 Å². The Labute approximate surface area is 85.4 Å². The molecule has 1 aromatic rings. The van der Waals surface area contributed by atoms with Crippen LogP contribution in [0.25, 0.3) is 0 Å². The average Bonchev–Trinajstić information content (AvgIpc) is 2.61. The molecule has 0 saturated carbocycles. The molecule has 0 aromatic carbocycles. The fourth-order valence-electron chi connectivity index (χ4n) is 1.31. The van der Waals surface area contributed by atoms with Crippen LogP contribution in [0.4, 0.5) is 0 Å². The van der Waals surface area contributed by atoms with Gasteiger partial charge in [0.2, 0.25) is 0 Å². The van der Waals surface area contributed by atoms with E-state index in [1.54, 1.807) is 0 Å². The maximum Gasteiger partial charge on any atom is 0.0624 e. The lowest BCUT2D eigenvalue weighted by molar-refractivity contribution is 0.524. The van der Waals surface area contributed by atoms with Gasteiger partial charge >= 0.3 is 0 Å². The number of hydrogen-bond donors (Lipinski definition) is 0. The van der Waals surface area contributed by atoms with Crippen LogP contribution in [0.2, 0.25) is 0 Å². The van der Waals surface area contributed by atoms with Gasteiger partial charge in [0, 0.05) is 18.7 Å². The molecule has 0 spiro atoms. The summed E-state index contributed by atoms with van der Waals surface area (Å²) >= 11 is 0. The van der Waals surface area contributed by atoms with Crippen molar-refractivity contribution in [1.82, 2.24) is 9.78 Å². The molecule has 0 fully saturated rings. The van der Waals surface area contributed by atoms with E-state index in [-0.39, 0.29) is 0 Å². The van der Waals surface area contributed by atoms with Crippen molar-refractivity contribution in [3.05, 3.63) is 18.0 Å². The lowest BCUT2D eigenvalue weighted by Gasteiger charge is -2.03. The van der Waals surface area contributed by atoms with Gasteiger partial charge in [0.15, 0.2) is 0 Å². The maximum atomic E-state index is 8.37. The zero-order valence-corrected chi connectivity index (χ0v) is 8.90. The molecule has 1 heterocycles. The van der Waals surface area contributed by atoms with E-state index >= 15 is 0 Å². The van der Waals surface area contributed by atoms with Crippen LogP contribution >= 0.6 is 0 Å². The fourth-order valence-corrected chi connectivity index (χ4v) is 1.31. The Hall–Kier alpha value is -1.30. The van der Waals surface area contributed by atoms with Gasteiger partial charge in [0.05, 0.1) is 11.8 Å². The molecule has 0 bridgehead atoms. The highest BCUT2D eigenvalue weighted by Crippen LogP contribution is 2.07. The summed E-state index contributed by atoms with van der Waals surface area (Å²) < 4.78 is 1.97. The van der Waals surface area contributed by atoms with E-state index in [2.05, 4.69) is 31.1 Å². The number of rotatable bonds is 5. The lowest BCUT2D eigenvalue weighted by atomic mass is 10.2. The Morgan fingerprint density at radius 3 is 2.86 bits per heavy atom. The van der Waals surface area contributed by atoms with E-state index in [4.69, 9.17) is 5.26 Å². The van der Waals surface area contributed by atoms with Crippen molar-refractivity contribution in [3.63, 3.8) is 0 Å². The molecular weight excluding hydrogens is 174 g/mol. The average molecular weight is 191 g/mol. The third-order valence-electron chi connectivity index (χ3n) is 2.16. The van der Waals surface area contributed by atoms with Crippen molar-refractivity contribution < 1.29 is 0 Å². The van der Waals surface area contributed by atoms with E-state index in [1.165, 1.54) is 0 Å². The van der Waals surface area contributed by atoms with Gasteiger partial charge < -0.3 is 0 Å². The van der Waals surface area contributed by atoms with Crippen LogP contribution in [0.5, 0.6) is 0 Å². The Balaban J connectivity index is 2.33. The standard InChI is InChI=1S/C11H17N3/c1-10(2)14-9-7-11(13-14)6-4-3-5-8-12/h7,9-10H,3-6H2,1-2H3. The molecule has 0 unspecified atom stereocenters. The number of hydrogen-bond acceptors (Lipinski definition) is 2. The summed E-state index contributed by atoms with van der Waals surface area (Å²) in [4.78, 5) is 0. The SMILES string of the molecule is CC(C)n1ccc(CCCCC#N)n1. The van der Waals surface area contributed by atoms with E-state index in [9.17, 15) is 0 Å². The molecule has 0 aliphatic carbocycles. The third kappa shape index (κ3) is 3.21. The van der Waals surface area contributed by atoms with Crippen molar-refractivity contribution in [3.8, 4) is 6.07 Å². The summed E-state index contributed by atoms with van der Waals surface area (Å²) in [6.07, 6.45) is 5.70.